The van der Waals surface area contributed by atoms with Gasteiger partial charge < -0.3 is 0 Å². The van der Waals surface area contributed by atoms with Crippen LogP contribution in [0.3, 0.4) is 0 Å². The van der Waals surface area contributed by atoms with E-state index in [0.717, 1.165) is 25.3 Å². The summed E-state index contributed by atoms with van der Waals surface area (Å²) < 4.78 is 0. The van der Waals surface area contributed by atoms with E-state index in [0.29, 0.717) is 5.15 Å². The zero-order valence-corrected chi connectivity index (χ0v) is 10.1. The van der Waals surface area contributed by atoms with Gasteiger partial charge >= 0.3 is 0 Å². The Kier molecular flexibility index (Phi) is 2.79. The lowest BCUT2D eigenvalue weighted by atomic mass is 10.1. The van der Waals surface area contributed by atoms with Gasteiger partial charge in [0, 0.05) is 19.6 Å². The molecular weight excluding hydrogens is 234 g/mol. The van der Waals surface area contributed by atoms with Crippen molar-refractivity contribution in [2.75, 3.05) is 0 Å². The summed E-state index contributed by atoms with van der Waals surface area (Å²) in [5, 5.41) is 0.443. The Hall–Kier alpha value is -1.45. The van der Waals surface area contributed by atoms with E-state index in [2.05, 4.69) is 39.1 Å². The Bertz CT molecular complexity index is 499. The predicted octanol–water partition coefficient (Wildman–Crippen LogP) is 2.65. The maximum atomic E-state index is 5.71. The van der Waals surface area contributed by atoms with E-state index in [9.17, 15) is 0 Å². The van der Waals surface area contributed by atoms with Crippen molar-refractivity contribution in [2.24, 2.45) is 0 Å². The Morgan fingerprint density at radius 2 is 1.76 bits per heavy atom. The maximum absolute atomic E-state index is 5.71. The Labute approximate surface area is 105 Å². The first kappa shape index (κ1) is 10.7. The second kappa shape index (κ2) is 4.43. The lowest BCUT2D eigenvalue weighted by Gasteiger charge is -2.13. The van der Waals surface area contributed by atoms with Crippen molar-refractivity contribution < 1.29 is 0 Å². The van der Waals surface area contributed by atoms with Crippen LogP contribution in [0.2, 0.25) is 5.15 Å². The van der Waals surface area contributed by atoms with Crippen molar-refractivity contribution in [3.63, 3.8) is 0 Å². The fraction of sp³-hybridized carbons (Fsp3) is 0.231. The molecule has 0 saturated heterocycles. The average molecular weight is 246 g/mol. The van der Waals surface area contributed by atoms with E-state index in [4.69, 9.17) is 11.6 Å². The van der Waals surface area contributed by atoms with Gasteiger partial charge in [-0.3, -0.25) is 9.88 Å². The third-order valence-corrected chi connectivity index (χ3v) is 3.16. The first-order valence-corrected chi connectivity index (χ1v) is 5.94. The molecule has 0 amide bonds. The Morgan fingerprint density at radius 3 is 2.35 bits per heavy atom. The quantitative estimate of drug-likeness (QED) is 0.815. The second-order valence-electron chi connectivity index (χ2n) is 4.24. The lowest BCUT2D eigenvalue weighted by Crippen LogP contribution is -2.16. The SMILES string of the molecule is Clc1cnc(CN2Cc3ccccc3C2)cn1. The number of fused-ring (bicyclic) bond motifs is 1. The fourth-order valence-electron chi connectivity index (χ4n) is 2.17. The summed E-state index contributed by atoms with van der Waals surface area (Å²) in [5.41, 5.74) is 3.78. The molecule has 0 atom stereocenters. The van der Waals surface area contributed by atoms with Crippen LogP contribution in [-0.2, 0) is 19.6 Å². The van der Waals surface area contributed by atoms with Gasteiger partial charge in [0.15, 0.2) is 0 Å². The molecule has 3 nitrogen and oxygen atoms in total. The summed E-state index contributed by atoms with van der Waals surface area (Å²) >= 11 is 5.71. The van der Waals surface area contributed by atoms with Gasteiger partial charge in [0.2, 0.25) is 0 Å². The highest BCUT2D eigenvalue weighted by molar-refractivity contribution is 6.29. The van der Waals surface area contributed by atoms with Crippen LogP contribution in [-0.4, -0.2) is 14.9 Å². The molecule has 0 spiro atoms. The highest BCUT2D eigenvalue weighted by Crippen LogP contribution is 2.23. The van der Waals surface area contributed by atoms with Crippen LogP contribution >= 0.6 is 11.6 Å². The van der Waals surface area contributed by atoms with Crippen LogP contribution in [0.4, 0.5) is 0 Å². The van der Waals surface area contributed by atoms with Crippen molar-refractivity contribution in [1.82, 2.24) is 14.9 Å². The number of nitrogens with zero attached hydrogens (tertiary/aromatic N) is 3. The molecule has 0 aliphatic carbocycles. The van der Waals surface area contributed by atoms with Crippen LogP contribution < -0.4 is 0 Å². The highest BCUT2D eigenvalue weighted by Gasteiger charge is 2.18. The van der Waals surface area contributed by atoms with E-state index >= 15 is 0 Å². The molecule has 1 aromatic carbocycles. The monoisotopic (exact) mass is 245 g/mol. The van der Waals surface area contributed by atoms with E-state index in [1.807, 2.05) is 0 Å². The third-order valence-electron chi connectivity index (χ3n) is 2.97. The zero-order chi connectivity index (χ0) is 11.7. The molecule has 2 aromatic rings. The average Bonchev–Trinajstić information content (AvgIpc) is 2.74. The number of rotatable bonds is 2. The van der Waals surface area contributed by atoms with Crippen molar-refractivity contribution in [3.05, 3.63) is 58.6 Å². The summed E-state index contributed by atoms with van der Waals surface area (Å²) in [5.74, 6) is 0. The largest absolute Gasteiger partial charge is 0.289 e. The molecule has 4 heteroatoms. The van der Waals surface area contributed by atoms with Crippen LogP contribution in [0, 0.1) is 0 Å². The second-order valence-corrected chi connectivity index (χ2v) is 4.63. The topological polar surface area (TPSA) is 29.0 Å². The standard InChI is InChI=1S/C13H12ClN3/c14-13-6-15-12(5-16-13)9-17-7-10-3-1-2-4-11(10)8-17/h1-6H,7-9H2. The molecule has 2 heterocycles. The highest BCUT2D eigenvalue weighted by atomic mass is 35.5. The van der Waals surface area contributed by atoms with Gasteiger partial charge in [-0.2, -0.15) is 0 Å². The molecule has 86 valence electrons. The first-order chi connectivity index (χ1) is 8.31. The maximum Gasteiger partial charge on any atom is 0.147 e. The molecule has 0 N–H and O–H groups in total. The molecule has 1 aliphatic rings. The third kappa shape index (κ3) is 2.30. The Morgan fingerprint density at radius 1 is 1.06 bits per heavy atom. The van der Waals surface area contributed by atoms with Gasteiger partial charge in [0.1, 0.15) is 5.15 Å². The molecular formula is C13H12ClN3. The first-order valence-electron chi connectivity index (χ1n) is 5.57. The molecule has 3 rings (SSSR count). The summed E-state index contributed by atoms with van der Waals surface area (Å²) in [6.07, 6.45) is 3.34. The number of hydrogen-bond donors (Lipinski definition) is 0. The Balaban J connectivity index is 1.71. The van der Waals surface area contributed by atoms with Crippen molar-refractivity contribution in [2.45, 2.75) is 19.6 Å². The predicted molar refractivity (Wildman–Crippen MR) is 66.4 cm³/mol. The number of aromatic nitrogens is 2. The molecule has 0 bridgehead atoms. The van der Waals surface area contributed by atoms with Gasteiger partial charge in [-0.15, -0.1) is 0 Å². The normalized spacial score (nSPS) is 14.9. The summed E-state index contributed by atoms with van der Waals surface area (Å²) in [4.78, 5) is 10.7. The van der Waals surface area contributed by atoms with E-state index in [1.165, 1.54) is 11.1 Å². The van der Waals surface area contributed by atoms with Gasteiger partial charge in [0.05, 0.1) is 18.1 Å². The van der Waals surface area contributed by atoms with Crippen LogP contribution in [0.25, 0.3) is 0 Å². The molecule has 0 unspecified atom stereocenters. The zero-order valence-electron chi connectivity index (χ0n) is 9.31. The van der Waals surface area contributed by atoms with Crippen LogP contribution in [0.1, 0.15) is 16.8 Å². The molecule has 17 heavy (non-hydrogen) atoms. The fourth-order valence-corrected chi connectivity index (χ4v) is 2.26. The minimum atomic E-state index is 0.443. The number of halogens is 1. The summed E-state index contributed by atoms with van der Waals surface area (Å²) in [7, 11) is 0. The van der Waals surface area contributed by atoms with Gasteiger partial charge in [0.25, 0.3) is 0 Å². The van der Waals surface area contributed by atoms with E-state index < -0.39 is 0 Å². The molecule has 0 fully saturated rings. The minimum absolute atomic E-state index is 0.443. The van der Waals surface area contributed by atoms with E-state index in [-0.39, 0.29) is 0 Å². The molecule has 0 radical (unpaired) electrons. The van der Waals surface area contributed by atoms with Gasteiger partial charge in [-0.25, -0.2) is 4.98 Å². The number of benzene rings is 1. The molecule has 1 aliphatic heterocycles. The number of hydrogen-bond acceptors (Lipinski definition) is 3. The van der Waals surface area contributed by atoms with Crippen molar-refractivity contribution >= 4 is 11.6 Å². The van der Waals surface area contributed by atoms with Gasteiger partial charge in [-0.05, 0) is 11.1 Å². The molecule has 0 saturated carbocycles. The lowest BCUT2D eigenvalue weighted by molar-refractivity contribution is 0.271. The smallest absolute Gasteiger partial charge is 0.147 e. The summed E-state index contributed by atoms with van der Waals surface area (Å²) in [6.45, 7) is 2.79. The van der Waals surface area contributed by atoms with E-state index in [1.54, 1.807) is 12.4 Å². The van der Waals surface area contributed by atoms with Crippen molar-refractivity contribution in [1.29, 1.82) is 0 Å². The van der Waals surface area contributed by atoms with Gasteiger partial charge in [-0.1, -0.05) is 35.9 Å². The summed E-state index contributed by atoms with van der Waals surface area (Å²) in [6, 6.07) is 8.54. The molecule has 1 aromatic heterocycles. The van der Waals surface area contributed by atoms with Crippen LogP contribution in [0.5, 0.6) is 0 Å². The van der Waals surface area contributed by atoms with Crippen molar-refractivity contribution in [3.8, 4) is 0 Å². The minimum Gasteiger partial charge on any atom is -0.289 e. The van der Waals surface area contributed by atoms with Crippen LogP contribution in [0.15, 0.2) is 36.7 Å².